The summed E-state index contributed by atoms with van der Waals surface area (Å²) < 4.78 is 16.3. The number of rotatable bonds is 16. The van der Waals surface area contributed by atoms with Crippen LogP contribution in [0, 0.1) is 10.1 Å². The maximum Gasteiger partial charge on any atom is 0.274 e. The highest BCUT2D eigenvalue weighted by Crippen LogP contribution is 2.16. The third-order valence-corrected chi connectivity index (χ3v) is 5.17. The Morgan fingerprint density at radius 1 is 1.16 bits per heavy atom. The van der Waals surface area contributed by atoms with E-state index in [1.807, 2.05) is 50.5 Å². The number of furan rings is 1. The number of nitrogens with one attached hydrogen (secondary N) is 2. The summed E-state index contributed by atoms with van der Waals surface area (Å²) in [5, 5.41) is 17.1. The first-order valence-electron chi connectivity index (χ1n) is 10.3. The summed E-state index contributed by atoms with van der Waals surface area (Å²) in [5.74, 6) is 4.55. The van der Waals surface area contributed by atoms with Crippen molar-refractivity contribution < 1.29 is 18.8 Å². The van der Waals surface area contributed by atoms with Crippen molar-refractivity contribution in [1.82, 2.24) is 15.5 Å². The van der Waals surface area contributed by atoms with E-state index < -0.39 is 4.92 Å². The van der Waals surface area contributed by atoms with Crippen LogP contribution in [0.25, 0.3) is 0 Å². The van der Waals surface area contributed by atoms with E-state index in [0.29, 0.717) is 32.1 Å². The van der Waals surface area contributed by atoms with Crippen LogP contribution in [0.15, 0.2) is 52.8 Å². The van der Waals surface area contributed by atoms with Gasteiger partial charge < -0.3 is 29.4 Å². The summed E-state index contributed by atoms with van der Waals surface area (Å²) >= 11 is 1.71. The molecule has 0 aliphatic heterocycles. The fourth-order valence-electron chi connectivity index (χ4n) is 2.73. The molecular weight excluding hydrogens is 432 g/mol. The summed E-state index contributed by atoms with van der Waals surface area (Å²) in [6.45, 7) is 2.84. The standard InChI is InChI=1S/C22H32N4O5S/c1-25(2)15-20-8-9-21(31-20)17-32-13-10-23-22(16-26(27)28)24-14-18-4-6-19(7-5-18)30-12-11-29-3/h4-9,16,23-24H,10-15,17H2,1-3H3/b22-16-. The van der Waals surface area contributed by atoms with E-state index >= 15 is 0 Å². The molecule has 0 fully saturated rings. The van der Waals surface area contributed by atoms with Crippen molar-refractivity contribution in [3.05, 3.63) is 75.6 Å². The molecule has 1 aromatic heterocycles. The molecule has 0 aliphatic carbocycles. The highest BCUT2D eigenvalue weighted by atomic mass is 32.2. The van der Waals surface area contributed by atoms with Crippen LogP contribution in [-0.2, 0) is 23.6 Å². The van der Waals surface area contributed by atoms with Crippen LogP contribution in [0.2, 0.25) is 0 Å². The SMILES string of the molecule is COCCOc1ccc(CN/C(=C\[N+](=O)[O-])NCCSCc2ccc(CN(C)C)o2)cc1. The van der Waals surface area contributed by atoms with Gasteiger partial charge in [-0.2, -0.15) is 11.8 Å². The number of ether oxygens (including phenoxy) is 2. The molecule has 0 saturated heterocycles. The number of hydrogen-bond donors (Lipinski definition) is 2. The van der Waals surface area contributed by atoms with E-state index in [-0.39, 0.29) is 0 Å². The fraction of sp³-hybridized carbons (Fsp3) is 0.455. The van der Waals surface area contributed by atoms with E-state index in [1.165, 1.54) is 0 Å². The molecule has 10 heteroatoms. The lowest BCUT2D eigenvalue weighted by Crippen LogP contribution is -2.28. The van der Waals surface area contributed by atoms with Gasteiger partial charge in [-0.15, -0.1) is 0 Å². The largest absolute Gasteiger partial charge is 0.491 e. The van der Waals surface area contributed by atoms with E-state index in [0.717, 1.165) is 47.1 Å². The lowest BCUT2D eigenvalue weighted by atomic mass is 10.2. The van der Waals surface area contributed by atoms with Crippen LogP contribution in [0.3, 0.4) is 0 Å². The molecule has 0 bridgehead atoms. The summed E-state index contributed by atoms with van der Waals surface area (Å²) in [6, 6.07) is 11.6. The van der Waals surface area contributed by atoms with Gasteiger partial charge in [-0.1, -0.05) is 12.1 Å². The van der Waals surface area contributed by atoms with Gasteiger partial charge in [0.25, 0.3) is 6.20 Å². The van der Waals surface area contributed by atoms with Gasteiger partial charge >= 0.3 is 0 Å². The van der Waals surface area contributed by atoms with Crippen LogP contribution < -0.4 is 15.4 Å². The van der Waals surface area contributed by atoms with Crippen LogP contribution in [-0.4, -0.2) is 56.5 Å². The molecule has 2 aromatic rings. The number of methoxy groups -OCH3 is 1. The molecule has 0 amide bonds. The van der Waals surface area contributed by atoms with Crippen molar-refractivity contribution in [2.45, 2.75) is 18.8 Å². The third kappa shape index (κ3) is 10.6. The molecule has 1 heterocycles. The zero-order chi connectivity index (χ0) is 23.2. The summed E-state index contributed by atoms with van der Waals surface area (Å²) in [4.78, 5) is 12.5. The van der Waals surface area contributed by atoms with Gasteiger partial charge in [-0.25, -0.2) is 0 Å². The van der Waals surface area contributed by atoms with E-state index in [9.17, 15) is 10.1 Å². The summed E-state index contributed by atoms with van der Waals surface area (Å²) in [7, 11) is 5.63. The van der Waals surface area contributed by atoms with Crippen molar-refractivity contribution in [1.29, 1.82) is 0 Å². The van der Waals surface area contributed by atoms with Gasteiger partial charge in [0, 0.05) is 26.0 Å². The number of thioether (sulfide) groups is 1. The Labute approximate surface area is 193 Å². The Hall–Kier alpha value is -2.69. The second-order valence-corrected chi connectivity index (χ2v) is 8.36. The molecule has 0 spiro atoms. The zero-order valence-corrected chi connectivity index (χ0v) is 19.7. The Bertz CT molecular complexity index is 839. The van der Waals surface area contributed by atoms with Gasteiger partial charge in [0.1, 0.15) is 23.9 Å². The average Bonchev–Trinajstić information content (AvgIpc) is 3.18. The highest BCUT2D eigenvalue weighted by Gasteiger charge is 2.06. The first-order chi connectivity index (χ1) is 15.5. The number of benzene rings is 1. The minimum Gasteiger partial charge on any atom is -0.491 e. The second kappa shape index (κ2) is 14.4. The van der Waals surface area contributed by atoms with Crippen LogP contribution in [0.5, 0.6) is 5.75 Å². The Kier molecular flexibility index (Phi) is 11.5. The lowest BCUT2D eigenvalue weighted by molar-refractivity contribution is -0.404. The predicted molar refractivity (Wildman–Crippen MR) is 126 cm³/mol. The normalized spacial score (nSPS) is 11.6. The molecule has 0 unspecified atom stereocenters. The van der Waals surface area contributed by atoms with E-state index in [4.69, 9.17) is 13.9 Å². The molecular formula is C22H32N4O5S. The Balaban J connectivity index is 1.71. The Morgan fingerprint density at radius 3 is 2.59 bits per heavy atom. The first-order valence-corrected chi connectivity index (χ1v) is 11.5. The molecule has 2 N–H and O–H groups in total. The zero-order valence-electron chi connectivity index (χ0n) is 18.8. The first kappa shape index (κ1) is 25.6. The molecule has 0 radical (unpaired) electrons. The van der Waals surface area contributed by atoms with E-state index in [2.05, 4.69) is 15.5 Å². The minimum atomic E-state index is -0.468. The van der Waals surface area contributed by atoms with Crippen molar-refractivity contribution in [3.8, 4) is 5.75 Å². The van der Waals surface area contributed by atoms with Gasteiger partial charge in [0.05, 0.1) is 23.8 Å². The topological polar surface area (TPSA) is 102 Å². The van der Waals surface area contributed by atoms with Crippen LogP contribution >= 0.6 is 11.8 Å². The molecule has 1 aromatic carbocycles. The Morgan fingerprint density at radius 2 is 1.91 bits per heavy atom. The van der Waals surface area contributed by atoms with Gasteiger partial charge in [0.15, 0.2) is 5.82 Å². The predicted octanol–water partition coefficient (Wildman–Crippen LogP) is 3.05. The second-order valence-electron chi connectivity index (χ2n) is 7.25. The molecule has 0 atom stereocenters. The van der Waals surface area contributed by atoms with Crippen molar-refractivity contribution in [2.75, 3.05) is 46.7 Å². The smallest absolute Gasteiger partial charge is 0.274 e. The average molecular weight is 465 g/mol. The number of hydrogen-bond acceptors (Lipinski definition) is 9. The van der Waals surface area contributed by atoms with Gasteiger partial charge in [-0.3, -0.25) is 10.1 Å². The van der Waals surface area contributed by atoms with Crippen molar-refractivity contribution >= 4 is 11.8 Å². The van der Waals surface area contributed by atoms with Gasteiger partial charge in [-0.05, 0) is 43.9 Å². The number of nitro groups is 1. The molecule has 2 rings (SSSR count). The molecule has 9 nitrogen and oxygen atoms in total. The molecule has 0 saturated carbocycles. The van der Waals surface area contributed by atoms with Crippen LogP contribution in [0.4, 0.5) is 0 Å². The fourth-order valence-corrected chi connectivity index (χ4v) is 3.48. The summed E-state index contributed by atoms with van der Waals surface area (Å²) in [5.41, 5.74) is 0.987. The molecule has 32 heavy (non-hydrogen) atoms. The third-order valence-electron chi connectivity index (χ3n) is 4.19. The quantitative estimate of drug-likeness (QED) is 0.220. The summed E-state index contributed by atoms with van der Waals surface area (Å²) in [6.07, 6.45) is 0.951. The van der Waals surface area contributed by atoms with Crippen LogP contribution in [0.1, 0.15) is 17.1 Å². The monoisotopic (exact) mass is 464 g/mol. The van der Waals surface area contributed by atoms with Gasteiger partial charge in [0.2, 0.25) is 0 Å². The molecule has 176 valence electrons. The van der Waals surface area contributed by atoms with Crippen molar-refractivity contribution in [2.24, 2.45) is 0 Å². The van der Waals surface area contributed by atoms with Crippen molar-refractivity contribution in [3.63, 3.8) is 0 Å². The number of nitrogens with zero attached hydrogens (tertiary/aromatic N) is 2. The van der Waals surface area contributed by atoms with E-state index in [1.54, 1.807) is 18.9 Å². The maximum absolute atomic E-state index is 10.9. The lowest BCUT2D eigenvalue weighted by Gasteiger charge is -2.12. The molecule has 0 aliphatic rings. The minimum absolute atomic E-state index is 0.377. The highest BCUT2D eigenvalue weighted by molar-refractivity contribution is 7.98. The maximum atomic E-state index is 10.9.